The highest BCUT2D eigenvalue weighted by Crippen LogP contribution is 2.22. The summed E-state index contributed by atoms with van der Waals surface area (Å²) in [6, 6.07) is 21.8. The molecule has 0 saturated carbocycles. The Balaban J connectivity index is 1.59. The van der Waals surface area contributed by atoms with Crippen molar-refractivity contribution in [3.8, 4) is 11.5 Å². The number of benzene rings is 3. The molecule has 1 amide bonds. The molecule has 6 heteroatoms. The van der Waals surface area contributed by atoms with Crippen LogP contribution in [0.2, 0.25) is 0 Å². The Hall–Kier alpha value is -3.77. The van der Waals surface area contributed by atoms with Gasteiger partial charge in [0.1, 0.15) is 23.4 Å². The van der Waals surface area contributed by atoms with Gasteiger partial charge in [0.25, 0.3) is 0 Å². The van der Waals surface area contributed by atoms with Crippen LogP contribution in [-0.4, -0.2) is 24.3 Å². The van der Waals surface area contributed by atoms with E-state index < -0.39 is 6.04 Å². The number of carbonyl (C=O) groups is 2. The van der Waals surface area contributed by atoms with Crippen LogP contribution in [-0.2, 0) is 27.4 Å². The van der Waals surface area contributed by atoms with Crippen LogP contribution in [0.1, 0.15) is 30.9 Å². The maximum absolute atomic E-state index is 13.1. The predicted molar refractivity (Wildman–Crippen MR) is 134 cm³/mol. The summed E-state index contributed by atoms with van der Waals surface area (Å²) in [6.45, 7) is 2.43. The highest BCUT2D eigenvalue weighted by atomic mass is 19.1. The SMILES string of the molecule is CC/C=C/CC(=O)N[C@@H](COCc1ccccc1)C(=O)Cc1ccc(Oc2ccc(F)cc2)cc1. The fourth-order valence-electron chi connectivity index (χ4n) is 3.33. The average Bonchev–Trinajstić information content (AvgIpc) is 2.87. The highest BCUT2D eigenvalue weighted by molar-refractivity contribution is 5.90. The first-order valence-corrected chi connectivity index (χ1v) is 11.6. The highest BCUT2D eigenvalue weighted by Gasteiger charge is 2.21. The number of amides is 1. The molecule has 35 heavy (non-hydrogen) atoms. The minimum Gasteiger partial charge on any atom is -0.457 e. The zero-order chi connectivity index (χ0) is 24.9. The Bertz CT molecular complexity index is 1100. The van der Waals surface area contributed by atoms with E-state index in [4.69, 9.17) is 9.47 Å². The van der Waals surface area contributed by atoms with Crippen molar-refractivity contribution in [2.75, 3.05) is 6.61 Å². The number of Topliss-reactive ketones (excluding diaryl/α,β-unsaturated/α-hetero) is 1. The molecule has 3 rings (SSSR count). The van der Waals surface area contributed by atoms with Crippen LogP contribution in [0.15, 0.2) is 91.0 Å². The topological polar surface area (TPSA) is 64.6 Å². The van der Waals surface area contributed by atoms with Crippen LogP contribution in [0.5, 0.6) is 11.5 Å². The van der Waals surface area contributed by atoms with E-state index in [2.05, 4.69) is 5.32 Å². The number of ketones is 1. The number of allylic oxidation sites excluding steroid dienone is 1. The number of hydrogen-bond acceptors (Lipinski definition) is 4. The number of halogens is 1. The first kappa shape index (κ1) is 25.8. The second-order valence-corrected chi connectivity index (χ2v) is 8.05. The summed E-state index contributed by atoms with van der Waals surface area (Å²) in [7, 11) is 0. The lowest BCUT2D eigenvalue weighted by atomic mass is 10.0. The van der Waals surface area contributed by atoms with Crippen molar-refractivity contribution in [2.24, 2.45) is 0 Å². The summed E-state index contributed by atoms with van der Waals surface area (Å²) in [5.74, 6) is 0.400. The third kappa shape index (κ3) is 9.18. The van der Waals surface area contributed by atoms with Gasteiger partial charge in [0.05, 0.1) is 13.2 Å². The zero-order valence-electron chi connectivity index (χ0n) is 19.8. The van der Waals surface area contributed by atoms with Crippen molar-refractivity contribution in [2.45, 2.75) is 38.8 Å². The molecule has 0 heterocycles. The van der Waals surface area contributed by atoms with Crippen LogP contribution in [0.25, 0.3) is 0 Å². The van der Waals surface area contributed by atoms with Crippen molar-refractivity contribution >= 4 is 11.7 Å². The van der Waals surface area contributed by atoms with Crippen molar-refractivity contribution in [3.05, 3.63) is 108 Å². The molecular formula is C29H30FNO4. The molecule has 0 bridgehead atoms. The van der Waals surface area contributed by atoms with Crippen molar-refractivity contribution in [3.63, 3.8) is 0 Å². The maximum atomic E-state index is 13.1. The lowest BCUT2D eigenvalue weighted by molar-refractivity contribution is -0.128. The molecule has 0 unspecified atom stereocenters. The predicted octanol–water partition coefficient (Wildman–Crippen LogP) is 5.79. The number of hydrogen-bond donors (Lipinski definition) is 1. The van der Waals surface area contributed by atoms with Crippen LogP contribution in [0, 0.1) is 5.82 Å². The van der Waals surface area contributed by atoms with E-state index in [9.17, 15) is 14.0 Å². The molecular weight excluding hydrogens is 445 g/mol. The number of rotatable bonds is 13. The summed E-state index contributed by atoms with van der Waals surface area (Å²) < 4.78 is 24.5. The Morgan fingerprint density at radius 1 is 0.886 bits per heavy atom. The molecule has 0 radical (unpaired) electrons. The van der Waals surface area contributed by atoms with Crippen LogP contribution in [0.4, 0.5) is 4.39 Å². The summed E-state index contributed by atoms with van der Waals surface area (Å²) >= 11 is 0. The fraction of sp³-hybridized carbons (Fsp3) is 0.241. The van der Waals surface area contributed by atoms with Crippen LogP contribution in [0.3, 0.4) is 0 Å². The normalized spacial score (nSPS) is 11.8. The summed E-state index contributed by atoms with van der Waals surface area (Å²) in [6.07, 6.45) is 4.91. The van der Waals surface area contributed by atoms with E-state index in [1.807, 2.05) is 43.3 Å². The van der Waals surface area contributed by atoms with Crippen molar-refractivity contribution in [1.29, 1.82) is 0 Å². The number of ether oxygens (including phenoxy) is 2. The Kier molecular flexibility index (Phi) is 10.2. The lowest BCUT2D eigenvalue weighted by Gasteiger charge is -2.18. The summed E-state index contributed by atoms with van der Waals surface area (Å²) in [5.41, 5.74) is 1.78. The molecule has 1 N–H and O–H groups in total. The quantitative estimate of drug-likeness (QED) is 0.318. The summed E-state index contributed by atoms with van der Waals surface area (Å²) in [5, 5.41) is 2.81. The molecule has 3 aromatic carbocycles. The van der Waals surface area contributed by atoms with Gasteiger partial charge >= 0.3 is 0 Å². The minimum absolute atomic E-state index is 0.0860. The van der Waals surface area contributed by atoms with E-state index in [1.54, 1.807) is 42.5 Å². The zero-order valence-corrected chi connectivity index (χ0v) is 19.8. The second-order valence-electron chi connectivity index (χ2n) is 8.05. The van der Waals surface area contributed by atoms with Gasteiger partial charge in [-0.1, -0.05) is 61.5 Å². The Morgan fingerprint density at radius 2 is 1.54 bits per heavy atom. The van der Waals surface area contributed by atoms with Gasteiger partial charge in [-0.25, -0.2) is 4.39 Å². The molecule has 0 aliphatic rings. The van der Waals surface area contributed by atoms with Gasteiger partial charge in [0, 0.05) is 12.8 Å². The van der Waals surface area contributed by atoms with Gasteiger partial charge < -0.3 is 14.8 Å². The first-order chi connectivity index (χ1) is 17.0. The smallest absolute Gasteiger partial charge is 0.224 e. The lowest BCUT2D eigenvalue weighted by Crippen LogP contribution is -2.44. The van der Waals surface area contributed by atoms with Crippen molar-refractivity contribution in [1.82, 2.24) is 5.32 Å². The fourth-order valence-corrected chi connectivity index (χ4v) is 3.33. The third-order valence-corrected chi connectivity index (χ3v) is 5.18. The van der Waals surface area contributed by atoms with E-state index >= 15 is 0 Å². The Labute approximate surface area is 205 Å². The largest absolute Gasteiger partial charge is 0.457 e. The molecule has 0 aliphatic heterocycles. The van der Waals surface area contributed by atoms with Gasteiger partial charge in [-0.2, -0.15) is 0 Å². The van der Waals surface area contributed by atoms with Crippen molar-refractivity contribution < 1.29 is 23.5 Å². The van der Waals surface area contributed by atoms with Gasteiger partial charge in [0.2, 0.25) is 5.91 Å². The monoisotopic (exact) mass is 475 g/mol. The molecule has 0 spiro atoms. The first-order valence-electron chi connectivity index (χ1n) is 11.6. The minimum atomic E-state index is -0.753. The molecule has 1 atom stereocenters. The number of carbonyl (C=O) groups excluding carboxylic acids is 2. The molecule has 182 valence electrons. The number of nitrogens with one attached hydrogen (secondary N) is 1. The molecule has 5 nitrogen and oxygen atoms in total. The van der Waals surface area contributed by atoms with Gasteiger partial charge in [-0.3, -0.25) is 9.59 Å². The average molecular weight is 476 g/mol. The van der Waals surface area contributed by atoms with Crippen LogP contribution < -0.4 is 10.1 Å². The Morgan fingerprint density at radius 3 is 2.20 bits per heavy atom. The van der Waals surface area contributed by atoms with E-state index in [-0.39, 0.29) is 37.0 Å². The van der Waals surface area contributed by atoms with E-state index in [1.165, 1.54) is 12.1 Å². The van der Waals surface area contributed by atoms with E-state index in [0.29, 0.717) is 18.1 Å². The van der Waals surface area contributed by atoms with Gasteiger partial charge in [-0.15, -0.1) is 0 Å². The molecule has 3 aromatic rings. The second kappa shape index (κ2) is 13.8. The van der Waals surface area contributed by atoms with Crippen LogP contribution >= 0.6 is 0 Å². The van der Waals surface area contributed by atoms with Gasteiger partial charge in [0.15, 0.2) is 5.78 Å². The van der Waals surface area contributed by atoms with Gasteiger partial charge in [-0.05, 0) is 53.9 Å². The van der Waals surface area contributed by atoms with E-state index in [0.717, 1.165) is 17.5 Å². The molecule has 0 saturated heterocycles. The molecule has 0 aromatic heterocycles. The summed E-state index contributed by atoms with van der Waals surface area (Å²) in [4.78, 5) is 25.4. The standard InChI is InChI=1S/C29H30FNO4/c1-2-3-5-10-29(33)31-27(21-34-20-23-8-6-4-7-9-23)28(32)19-22-11-15-25(16-12-22)35-26-17-13-24(30)14-18-26/h3-9,11-18,27H,2,10,19-21H2,1H3,(H,31,33)/b5-3+/t27-/m0/s1. The third-order valence-electron chi connectivity index (χ3n) is 5.18. The maximum Gasteiger partial charge on any atom is 0.224 e. The molecule has 0 fully saturated rings. The molecule has 0 aliphatic carbocycles.